The molecule has 0 aliphatic heterocycles. The zero-order valence-corrected chi connectivity index (χ0v) is 18.0. The van der Waals surface area contributed by atoms with Gasteiger partial charge in [-0.1, -0.05) is 0 Å². The Bertz CT molecular complexity index is 1160. The number of aryl methyl sites for hydroxylation is 1. The van der Waals surface area contributed by atoms with Gasteiger partial charge in [-0.15, -0.1) is 11.3 Å². The largest absolute Gasteiger partial charge is 0.497 e. The van der Waals surface area contributed by atoms with Crippen molar-refractivity contribution in [1.82, 2.24) is 15.0 Å². The van der Waals surface area contributed by atoms with Crippen molar-refractivity contribution in [2.75, 3.05) is 12.4 Å². The molecule has 6 nitrogen and oxygen atoms in total. The number of hydrogen-bond donors (Lipinski definition) is 1. The minimum Gasteiger partial charge on any atom is -0.497 e. The average Bonchev–Trinajstić information content (AvgIpc) is 3.27. The minimum absolute atomic E-state index is 0.235. The molecule has 0 spiro atoms. The molecule has 0 atom stereocenters. The molecule has 1 amide bonds. The van der Waals surface area contributed by atoms with Gasteiger partial charge >= 0.3 is 0 Å². The van der Waals surface area contributed by atoms with Crippen LogP contribution in [0.25, 0.3) is 10.6 Å². The molecule has 0 radical (unpaired) electrons. The fourth-order valence-electron chi connectivity index (χ4n) is 2.71. The molecular formula is C22H18N4O2S2. The van der Waals surface area contributed by atoms with Crippen molar-refractivity contribution in [2.24, 2.45) is 0 Å². The monoisotopic (exact) mass is 434 g/mol. The van der Waals surface area contributed by atoms with Gasteiger partial charge in [0, 0.05) is 33.9 Å². The number of anilines is 1. The van der Waals surface area contributed by atoms with E-state index in [-0.39, 0.29) is 5.91 Å². The summed E-state index contributed by atoms with van der Waals surface area (Å²) in [4.78, 5) is 26.6. The number of ether oxygens (including phenoxy) is 1. The van der Waals surface area contributed by atoms with Gasteiger partial charge in [-0.2, -0.15) is 0 Å². The van der Waals surface area contributed by atoms with Crippen LogP contribution in [0.2, 0.25) is 0 Å². The second kappa shape index (κ2) is 9.06. The summed E-state index contributed by atoms with van der Waals surface area (Å²) in [6.07, 6.45) is 3.43. The van der Waals surface area contributed by atoms with Crippen LogP contribution in [0.4, 0.5) is 5.69 Å². The van der Waals surface area contributed by atoms with Crippen LogP contribution < -0.4 is 10.1 Å². The van der Waals surface area contributed by atoms with E-state index in [9.17, 15) is 4.79 Å². The Morgan fingerprint density at radius 3 is 2.57 bits per heavy atom. The van der Waals surface area contributed by atoms with E-state index in [0.717, 1.165) is 32.5 Å². The summed E-state index contributed by atoms with van der Waals surface area (Å²) < 4.78 is 5.18. The number of carbonyl (C=O) groups is 1. The maximum Gasteiger partial charge on any atom is 0.275 e. The third-order valence-electron chi connectivity index (χ3n) is 4.27. The zero-order chi connectivity index (χ0) is 20.9. The van der Waals surface area contributed by atoms with E-state index >= 15 is 0 Å². The van der Waals surface area contributed by atoms with Gasteiger partial charge in [0.15, 0.2) is 5.16 Å². The van der Waals surface area contributed by atoms with Gasteiger partial charge in [0.05, 0.1) is 7.11 Å². The van der Waals surface area contributed by atoms with Gasteiger partial charge in [0.1, 0.15) is 16.5 Å². The van der Waals surface area contributed by atoms with E-state index in [0.29, 0.717) is 10.9 Å². The van der Waals surface area contributed by atoms with Crippen LogP contribution in [0.15, 0.2) is 76.4 Å². The highest BCUT2D eigenvalue weighted by Gasteiger charge is 2.14. The van der Waals surface area contributed by atoms with Crippen molar-refractivity contribution in [3.63, 3.8) is 0 Å². The maximum absolute atomic E-state index is 12.7. The van der Waals surface area contributed by atoms with E-state index in [4.69, 9.17) is 4.74 Å². The summed E-state index contributed by atoms with van der Waals surface area (Å²) in [5, 5.41) is 6.18. The minimum atomic E-state index is -0.235. The molecule has 0 aliphatic rings. The molecule has 0 aliphatic carbocycles. The normalized spacial score (nSPS) is 10.6. The Hall–Kier alpha value is -3.23. The topological polar surface area (TPSA) is 77.0 Å². The van der Waals surface area contributed by atoms with Crippen molar-refractivity contribution in [1.29, 1.82) is 0 Å². The SMILES string of the molecule is COc1ccc(-c2nc(C(=O)Nc3ccc(Sc4ncccn4)cc3C)cs2)cc1. The summed E-state index contributed by atoms with van der Waals surface area (Å²) in [6, 6.07) is 15.2. The first-order valence-electron chi connectivity index (χ1n) is 9.09. The molecular weight excluding hydrogens is 416 g/mol. The lowest BCUT2D eigenvalue weighted by Gasteiger charge is -2.09. The van der Waals surface area contributed by atoms with Gasteiger partial charge in [-0.3, -0.25) is 4.79 Å². The standard InChI is InChI=1S/C22H18N4O2S2/c1-14-12-17(30-22-23-10-3-11-24-22)8-9-18(14)25-20(27)19-13-29-21(26-19)15-4-6-16(28-2)7-5-15/h3-13H,1-2H3,(H,25,27). The van der Waals surface area contributed by atoms with E-state index in [2.05, 4.69) is 20.3 Å². The molecule has 0 saturated carbocycles. The molecule has 4 rings (SSSR count). The van der Waals surface area contributed by atoms with Crippen LogP contribution in [0, 0.1) is 6.92 Å². The lowest BCUT2D eigenvalue weighted by Crippen LogP contribution is -2.13. The third kappa shape index (κ3) is 4.67. The van der Waals surface area contributed by atoms with E-state index in [1.807, 2.05) is 49.4 Å². The first-order chi connectivity index (χ1) is 14.6. The lowest BCUT2D eigenvalue weighted by atomic mass is 10.2. The van der Waals surface area contributed by atoms with Crippen molar-refractivity contribution in [3.05, 3.63) is 77.6 Å². The molecule has 1 N–H and O–H groups in total. The summed E-state index contributed by atoms with van der Waals surface area (Å²) in [6.45, 7) is 1.95. The highest BCUT2D eigenvalue weighted by molar-refractivity contribution is 7.99. The predicted octanol–water partition coefficient (Wildman–Crippen LogP) is 5.32. The molecule has 0 unspecified atom stereocenters. The number of nitrogens with zero attached hydrogens (tertiary/aromatic N) is 3. The maximum atomic E-state index is 12.7. The number of benzene rings is 2. The number of aromatic nitrogens is 3. The molecule has 2 heterocycles. The number of carbonyl (C=O) groups excluding carboxylic acids is 1. The van der Waals surface area contributed by atoms with Crippen LogP contribution in [0.5, 0.6) is 5.75 Å². The van der Waals surface area contributed by atoms with Crippen LogP contribution >= 0.6 is 23.1 Å². The van der Waals surface area contributed by atoms with Gasteiger partial charge in [0.25, 0.3) is 5.91 Å². The third-order valence-corrected chi connectivity index (χ3v) is 6.05. The van der Waals surface area contributed by atoms with Gasteiger partial charge in [0.2, 0.25) is 0 Å². The van der Waals surface area contributed by atoms with Crippen molar-refractivity contribution in [2.45, 2.75) is 17.0 Å². The quantitative estimate of drug-likeness (QED) is 0.414. The number of methoxy groups -OCH3 is 1. The Morgan fingerprint density at radius 2 is 1.87 bits per heavy atom. The summed E-state index contributed by atoms with van der Waals surface area (Å²) in [5.41, 5.74) is 3.04. The second-order valence-electron chi connectivity index (χ2n) is 6.33. The molecule has 150 valence electrons. The van der Waals surface area contributed by atoms with E-state index in [1.165, 1.54) is 23.1 Å². The number of thiazole rings is 1. The van der Waals surface area contributed by atoms with Crippen LogP contribution in [0.1, 0.15) is 16.1 Å². The molecule has 2 aromatic heterocycles. The highest BCUT2D eigenvalue weighted by Crippen LogP contribution is 2.29. The fraction of sp³-hybridized carbons (Fsp3) is 0.0909. The lowest BCUT2D eigenvalue weighted by molar-refractivity contribution is 0.102. The van der Waals surface area contributed by atoms with Gasteiger partial charge in [-0.25, -0.2) is 15.0 Å². The van der Waals surface area contributed by atoms with Gasteiger partial charge in [-0.05, 0) is 72.8 Å². The van der Waals surface area contributed by atoms with Crippen molar-refractivity contribution in [3.8, 4) is 16.3 Å². The van der Waals surface area contributed by atoms with Crippen molar-refractivity contribution >= 4 is 34.7 Å². The molecule has 4 aromatic rings. The Balaban J connectivity index is 1.45. The molecule has 0 bridgehead atoms. The second-order valence-corrected chi connectivity index (χ2v) is 8.23. The molecule has 0 saturated heterocycles. The van der Waals surface area contributed by atoms with Crippen LogP contribution in [-0.2, 0) is 0 Å². The fourth-order valence-corrected chi connectivity index (χ4v) is 4.33. The molecule has 30 heavy (non-hydrogen) atoms. The average molecular weight is 435 g/mol. The Labute approximate surface area is 182 Å². The highest BCUT2D eigenvalue weighted by atomic mass is 32.2. The first-order valence-corrected chi connectivity index (χ1v) is 10.8. The number of amides is 1. The Morgan fingerprint density at radius 1 is 1.10 bits per heavy atom. The zero-order valence-electron chi connectivity index (χ0n) is 16.3. The van der Waals surface area contributed by atoms with Crippen LogP contribution in [-0.4, -0.2) is 28.0 Å². The van der Waals surface area contributed by atoms with Gasteiger partial charge < -0.3 is 10.1 Å². The van der Waals surface area contributed by atoms with Crippen LogP contribution in [0.3, 0.4) is 0 Å². The van der Waals surface area contributed by atoms with E-state index in [1.54, 1.807) is 30.9 Å². The molecule has 8 heteroatoms. The molecule has 2 aromatic carbocycles. The molecule has 0 fully saturated rings. The number of hydrogen-bond acceptors (Lipinski definition) is 7. The number of nitrogens with one attached hydrogen (secondary N) is 1. The summed E-state index contributed by atoms with van der Waals surface area (Å²) in [7, 11) is 1.63. The Kier molecular flexibility index (Phi) is 6.06. The summed E-state index contributed by atoms with van der Waals surface area (Å²) >= 11 is 2.91. The summed E-state index contributed by atoms with van der Waals surface area (Å²) in [5.74, 6) is 0.546. The number of rotatable bonds is 6. The first kappa shape index (κ1) is 20.1. The van der Waals surface area contributed by atoms with Crippen molar-refractivity contribution < 1.29 is 9.53 Å². The smallest absolute Gasteiger partial charge is 0.275 e. The predicted molar refractivity (Wildman–Crippen MR) is 119 cm³/mol. The van der Waals surface area contributed by atoms with E-state index < -0.39 is 0 Å².